The lowest BCUT2D eigenvalue weighted by Gasteiger charge is -2.39. The molecular weight excluding hydrogens is 300 g/mol. The number of pyridine rings is 1. The van der Waals surface area contributed by atoms with Crippen molar-refractivity contribution in [2.24, 2.45) is 5.92 Å². The predicted molar refractivity (Wildman–Crippen MR) is 92.0 cm³/mol. The number of thioether (sulfide) groups is 2. The number of rotatable bonds is 5. The van der Waals surface area contributed by atoms with Crippen LogP contribution in [0.1, 0.15) is 18.5 Å². The molecular formula is C16H24N2OS2. The zero-order valence-corrected chi connectivity index (χ0v) is 13.9. The van der Waals surface area contributed by atoms with Crippen molar-refractivity contribution in [3.63, 3.8) is 0 Å². The molecule has 1 aliphatic carbocycles. The third-order valence-electron chi connectivity index (χ3n) is 4.33. The van der Waals surface area contributed by atoms with Crippen LogP contribution < -0.4 is 5.32 Å². The van der Waals surface area contributed by atoms with Crippen LogP contribution in [0.5, 0.6) is 0 Å². The summed E-state index contributed by atoms with van der Waals surface area (Å²) in [5.41, 5.74) is 1.16. The van der Waals surface area contributed by atoms with E-state index in [1.807, 2.05) is 12.3 Å². The van der Waals surface area contributed by atoms with Crippen molar-refractivity contribution >= 4 is 23.5 Å². The molecule has 0 spiro atoms. The maximum absolute atomic E-state index is 9.63. The summed E-state index contributed by atoms with van der Waals surface area (Å²) in [4.78, 5) is 4.48. The molecule has 116 valence electrons. The fraction of sp³-hybridized carbons (Fsp3) is 0.688. The Morgan fingerprint density at radius 2 is 2.00 bits per heavy atom. The molecule has 0 amide bonds. The van der Waals surface area contributed by atoms with Gasteiger partial charge in [0.05, 0.1) is 6.10 Å². The monoisotopic (exact) mass is 324 g/mol. The highest BCUT2D eigenvalue weighted by Gasteiger charge is 2.35. The van der Waals surface area contributed by atoms with Gasteiger partial charge in [0, 0.05) is 53.4 Å². The van der Waals surface area contributed by atoms with Crippen molar-refractivity contribution in [3.8, 4) is 0 Å². The summed E-state index contributed by atoms with van der Waals surface area (Å²) < 4.78 is 0. The fourth-order valence-corrected chi connectivity index (χ4v) is 5.50. The second-order valence-electron chi connectivity index (χ2n) is 6.03. The van der Waals surface area contributed by atoms with Gasteiger partial charge >= 0.3 is 0 Å². The van der Waals surface area contributed by atoms with Crippen LogP contribution in [0.25, 0.3) is 0 Å². The van der Waals surface area contributed by atoms with Gasteiger partial charge in [-0.3, -0.25) is 4.98 Å². The molecule has 2 fully saturated rings. The van der Waals surface area contributed by atoms with E-state index in [1.165, 1.54) is 23.0 Å². The number of aliphatic hydroxyl groups excluding tert-OH is 1. The SMILES string of the molecule is OC1CC([C@H](Cc2ccccn2)NC2CSCCSC2)C1. The lowest BCUT2D eigenvalue weighted by Crippen LogP contribution is -2.51. The standard InChI is InChI=1S/C16H24N2OS2/c19-15-7-12(8-15)16(9-13-3-1-2-4-17-13)18-14-10-20-5-6-21-11-14/h1-4,12,14-16,18-19H,5-11H2/t12?,15?,16-/m0/s1. The number of nitrogens with zero attached hydrogens (tertiary/aromatic N) is 1. The van der Waals surface area contributed by atoms with Crippen LogP contribution in [0.2, 0.25) is 0 Å². The molecule has 5 heteroatoms. The second kappa shape index (κ2) is 7.86. The quantitative estimate of drug-likeness (QED) is 0.869. The minimum atomic E-state index is -0.0825. The van der Waals surface area contributed by atoms with Crippen LogP contribution in [0, 0.1) is 5.92 Å². The second-order valence-corrected chi connectivity index (χ2v) is 8.33. The van der Waals surface area contributed by atoms with Crippen molar-refractivity contribution in [3.05, 3.63) is 30.1 Å². The summed E-state index contributed by atoms with van der Waals surface area (Å²) in [6, 6.07) is 7.19. The highest BCUT2D eigenvalue weighted by Crippen LogP contribution is 2.32. The van der Waals surface area contributed by atoms with E-state index in [4.69, 9.17) is 0 Å². The van der Waals surface area contributed by atoms with E-state index in [1.54, 1.807) is 0 Å². The highest BCUT2D eigenvalue weighted by molar-refractivity contribution is 8.03. The molecule has 1 aromatic heterocycles. The average molecular weight is 325 g/mol. The van der Waals surface area contributed by atoms with Gasteiger partial charge in [0.25, 0.3) is 0 Å². The molecule has 0 radical (unpaired) electrons. The van der Waals surface area contributed by atoms with E-state index in [2.05, 4.69) is 46.0 Å². The molecule has 0 aromatic carbocycles. The predicted octanol–water partition coefficient (Wildman–Crippen LogP) is 2.20. The molecule has 1 aromatic rings. The molecule has 0 bridgehead atoms. The summed E-state index contributed by atoms with van der Waals surface area (Å²) in [6.45, 7) is 0. The number of hydrogen-bond acceptors (Lipinski definition) is 5. The summed E-state index contributed by atoms with van der Waals surface area (Å²) in [5.74, 6) is 5.56. The maximum atomic E-state index is 9.63. The maximum Gasteiger partial charge on any atom is 0.0546 e. The van der Waals surface area contributed by atoms with Crippen molar-refractivity contribution in [2.75, 3.05) is 23.0 Å². The minimum Gasteiger partial charge on any atom is -0.393 e. The van der Waals surface area contributed by atoms with Crippen molar-refractivity contribution in [1.29, 1.82) is 0 Å². The van der Waals surface area contributed by atoms with Gasteiger partial charge in [-0.2, -0.15) is 23.5 Å². The zero-order chi connectivity index (χ0) is 14.5. The van der Waals surface area contributed by atoms with Gasteiger partial charge < -0.3 is 10.4 Å². The molecule has 2 aliphatic rings. The summed E-state index contributed by atoms with van der Waals surface area (Å²) in [7, 11) is 0. The Morgan fingerprint density at radius 1 is 1.24 bits per heavy atom. The molecule has 1 atom stereocenters. The van der Waals surface area contributed by atoms with Gasteiger partial charge in [-0.1, -0.05) is 6.07 Å². The molecule has 0 unspecified atom stereocenters. The number of aliphatic hydroxyl groups is 1. The first-order valence-corrected chi connectivity index (χ1v) is 10.1. The van der Waals surface area contributed by atoms with Gasteiger partial charge in [-0.05, 0) is 30.9 Å². The Kier molecular flexibility index (Phi) is 5.86. The minimum absolute atomic E-state index is 0.0825. The lowest BCUT2D eigenvalue weighted by molar-refractivity contribution is 0.0230. The van der Waals surface area contributed by atoms with Gasteiger partial charge in [-0.25, -0.2) is 0 Å². The number of aromatic nitrogens is 1. The van der Waals surface area contributed by atoms with E-state index >= 15 is 0 Å². The summed E-state index contributed by atoms with van der Waals surface area (Å²) in [6.07, 6.45) is 4.65. The topological polar surface area (TPSA) is 45.2 Å². The van der Waals surface area contributed by atoms with Crippen LogP contribution in [0.4, 0.5) is 0 Å². The first-order chi connectivity index (χ1) is 10.3. The Labute approximate surface area is 135 Å². The van der Waals surface area contributed by atoms with Crippen LogP contribution in [0.15, 0.2) is 24.4 Å². The van der Waals surface area contributed by atoms with E-state index in [9.17, 15) is 5.11 Å². The van der Waals surface area contributed by atoms with Crippen LogP contribution in [0.3, 0.4) is 0 Å². The molecule has 2 N–H and O–H groups in total. The van der Waals surface area contributed by atoms with Gasteiger partial charge in [0.2, 0.25) is 0 Å². The van der Waals surface area contributed by atoms with Crippen LogP contribution >= 0.6 is 23.5 Å². The third-order valence-corrected chi connectivity index (χ3v) is 6.85. The average Bonchev–Trinajstić information content (AvgIpc) is 2.73. The zero-order valence-electron chi connectivity index (χ0n) is 12.3. The molecule has 2 heterocycles. The smallest absolute Gasteiger partial charge is 0.0546 e. The number of hydrogen-bond donors (Lipinski definition) is 2. The molecule has 1 saturated heterocycles. The largest absolute Gasteiger partial charge is 0.393 e. The third kappa shape index (κ3) is 4.62. The van der Waals surface area contributed by atoms with Crippen LogP contribution in [-0.4, -0.2) is 51.3 Å². The van der Waals surface area contributed by atoms with Crippen LogP contribution in [-0.2, 0) is 6.42 Å². The Balaban J connectivity index is 1.61. The molecule has 3 nitrogen and oxygen atoms in total. The summed E-state index contributed by atoms with van der Waals surface area (Å²) >= 11 is 4.12. The van der Waals surface area contributed by atoms with Crippen molar-refractivity contribution < 1.29 is 5.11 Å². The normalized spacial score (nSPS) is 28.6. The Morgan fingerprint density at radius 3 is 2.62 bits per heavy atom. The Bertz CT molecular complexity index is 418. The van der Waals surface area contributed by atoms with E-state index < -0.39 is 0 Å². The highest BCUT2D eigenvalue weighted by atomic mass is 32.2. The molecule has 1 saturated carbocycles. The van der Waals surface area contributed by atoms with E-state index in [-0.39, 0.29) is 6.10 Å². The van der Waals surface area contributed by atoms with Gasteiger partial charge in [-0.15, -0.1) is 0 Å². The number of nitrogens with one attached hydrogen (secondary N) is 1. The lowest BCUT2D eigenvalue weighted by atomic mass is 9.75. The van der Waals surface area contributed by atoms with Crippen molar-refractivity contribution in [1.82, 2.24) is 10.3 Å². The summed E-state index contributed by atoms with van der Waals surface area (Å²) in [5, 5.41) is 13.5. The first-order valence-electron chi connectivity index (χ1n) is 7.81. The van der Waals surface area contributed by atoms with Gasteiger partial charge in [0.1, 0.15) is 0 Å². The molecule has 3 rings (SSSR count). The molecule has 1 aliphatic heterocycles. The van der Waals surface area contributed by atoms with Crippen molar-refractivity contribution in [2.45, 2.75) is 37.5 Å². The van der Waals surface area contributed by atoms with E-state index in [0.717, 1.165) is 25.0 Å². The fourth-order valence-electron chi connectivity index (χ4n) is 3.08. The van der Waals surface area contributed by atoms with E-state index in [0.29, 0.717) is 18.0 Å². The molecule has 21 heavy (non-hydrogen) atoms. The van der Waals surface area contributed by atoms with Gasteiger partial charge in [0.15, 0.2) is 0 Å². The Hall–Kier alpha value is -0.230. The first kappa shape index (κ1) is 15.7.